The summed E-state index contributed by atoms with van der Waals surface area (Å²) in [5.74, 6) is 1.19. The predicted octanol–water partition coefficient (Wildman–Crippen LogP) is 3.66. The minimum Gasteiger partial charge on any atom is -0.489 e. The molecule has 0 saturated carbocycles. The van der Waals surface area contributed by atoms with Gasteiger partial charge in [-0.05, 0) is 37.8 Å². The van der Waals surface area contributed by atoms with Crippen LogP contribution in [-0.2, 0) is 4.79 Å². The minimum atomic E-state index is -0.198. The van der Waals surface area contributed by atoms with E-state index in [4.69, 9.17) is 4.74 Å². The normalized spacial score (nSPS) is 21.5. The highest BCUT2D eigenvalue weighted by molar-refractivity contribution is 6.01. The topological polar surface area (TPSA) is 43.4 Å². The number of rotatable bonds is 5. The van der Waals surface area contributed by atoms with Crippen LogP contribution in [0.4, 0.5) is 0 Å². The molecule has 0 bridgehead atoms. The number of ether oxygens (including phenoxy) is 1. The maximum atomic E-state index is 12.6. The first kappa shape index (κ1) is 14.8. The van der Waals surface area contributed by atoms with Crippen molar-refractivity contribution in [3.63, 3.8) is 0 Å². The van der Waals surface area contributed by atoms with Gasteiger partial charge in [-0.3, -0.25) is 4.79 Å². The molecule has 0 N–H and O–H groups in total. The van der Waals surface area contributed by atoms with Crippen LogP contribution in [0, 0.1) is 11.8 Å². The van der Waals surface area contributed by atoms with E-state index in [-0.39, 0.29) is 23.6 Å². The maximum absolute atomic E-state index is 12.6. The van der Waals surface area contributed by atoms with Crippen molar-refractivity contribution in [1.29, 1.82) is 0 Å². The summed E-state index contributed by atoms with van der Waals surface area (Å²) in [6.07, 6.45) is 1.75. The molecule has 2 atom stereocenters. The fraction of sp³-hybridized carbons (Fsp3) is 0.529. The van der Waals surface area contributed by atoms with Crippen molar-refractivity contribution < 1.29 is 14.3 Å². The molecular formula is C17H22O3. The third-order valence-electron chi connectivity index (χ3n) is 3.73. The molecule has 1 aliphatic heterocycles. The van der Waals surface area contributed by atoms with Crippen LogP contribution >= 0.6 is 0 Å². The molecule has 2 unspecified atom stereocenters. The van der Waals surface area contributed by atoms with Gasteiger partial charge in [-0.1, -0.05) is 26.0 Å². The molecule has 0 amide bonds. The fourth-order valence-electron chi connectivity index (χ4n) is 2.74. The van der Waals surface area contributed by atoms with E-state index in [0.29, 0.717) is 30.1 Å². The number of Topliss-reactive ketones (excluding diaryl/α,β-unsaturated/α-hetero) is 2. The Bertz CT molecular complexity index is 505. The Hall–Kier alpha value is -1.64. The Morgan fingerprint density at radius 3 is 2.65 bits per heavy atom. The average molecular weight is 274 g/mol. The van der Waals surface area contributed by atoms with Crippen LogP contribution in [0.1, 0.15) is 50.4 Å². The molecule has 0 fully saturated rings. The third-order valence-corrected chi connectivity index (χ3v) is 3.73. The maximum Gasteiger partial charge on any atom is 0.173 e. The second kappa shape index (κ2) is 6.21. The van der Waals surface area contributed by atoms with Gasteiger partial charge in [0.2, 0.25) is 0 Å². The van der Waals surface area contributed by atoms with Gasteiger partial charge < -0.3 is 9.53 Å². The zero-order valence-electron chi connectivity index (χ0n) is 12.4. The molecule has 1 aromatic carbocycles. The second-order valence-corrected chi connectivity index (χ2v) is 5.99. The predicted molar refractivity (Wildman–Crippen MR) is 78.0 cm³/mol. The molecule has 3 nitrogen and oxygen atoms in total. The van der Waals surface area contributed by atoms with E-state index in [1.54, 1.807) is 6.92 Å². The van der Waals surface area contributed by atoms with Crippen LogP contribution in [0.25, 0.3) is 0 Å². The largest absolute Gasteiger partial charge is 0.489 e. The zero-order chi connectivity index (χ0) is 14.7. The number of hydrogen-bond donors (Lipinski definition) is 0. The molecule has 0 spiro atoms. The average Bonchev–Trinajstić information content (AvgIpc) is 2.37. The number of para-hydroxylation sites is 1. The Balaban J connectivity index is 2.25. The molecule has 3 heteroatoms. The lowest BCUT2D eigenvalue weighted by Crippen LogP contribution is -2.38. The summed E-state index contributed by atoms with van der Waals surface area (Å²) in [4.78, 5) is 23.8. The molecular weight excluding hydrogens is 252 g/mol. The molecule has 20 heavy (non-hydrogen) atoms. The summed E-state index contributed by atoms with van der Waals surface area (Å²) in [6, 6.07) is 7.39. The number of hydrogen-bond acceptors (Lipinski definition) is 3. The molecule has 0 radical (unpaired) electrons. The van der Waals surface area contributed by atoms with Crippen molar-refractivity contribution in [3.8, 4) is 5.75 Å². The summed E-state index contributed by atoms with van der Waals surface area (Å²) < 4.78 is 6.03. The number of ketones is 2. The van der Waals surface area contributed by atoms with E-state index < -0.39 is 0 Å². The molecule has 1 aliphatic rings. The lowest BCUT2D eigenvalue weighted by atomic mass is 9.82. The highest BCUT2D eigenvalue weighted by Crippen LogP contribution is 2.35. The van der Waals surface area contributed by atoms with Crippen molar-refractivity contribution in [1.82, 2.24) is 0 Å². The van der Waals surface area contributed by atoms with E-state index >= 15 is 0 Å². The van der Waals surface area contributed by atoms with Gasteiger partial charge >= 0.3 is 0 Å². The monoisotopic (exact) mass is 274 g/mol. The Morgan fingerprint density at radius 2 is 2.00 bits per heavy atom. The highest BCUT2D eigenvalue weighted by atomic mass is 16.5. The van der Waals surface area contributed by atoms with E-state index in [2.05, 4.69) is 13.8 Å². The van der Waals surface area contributed by atoms with Crippen molar-refractivity contribution in [2.75, 3.05) is 0 Å². The Morgan fingerprint density at radius 1 is 1.30 bits per heavy atom. The molecule has 1 heterocycles. The van der Waals surface area contributed by atoms with Crippen LogP contribution in [0.3, 0.4) is 0 Å². The van der Waals surface area contributed by atoms with Crippen molar-refractivity contribution in [2.24, 2.45) is 11.8 Å². The van der Waals surface area contributed by atoms with Gasteiger partial charge in [-0.15, -0.1) is 0 Å². The van der Waals surface area contributed by atoms with Crippen LogP contribution in [0.15, 0.2) is 24.3 Å². The smallest absolute Gasteiger partial charge is 0.173 e. The standard InChI is InChI=1S/C17H22O3/c1-11(2)10-16-14(9-8-12(3)18)17(19)13-6-4-5-7-15(13)20-16/h4-7,11,14,16H,8-10H2,1-3H3. The molecule has 1 aromatic rings. The number of carbonyl (C=O) groups excluding carboxylic acids is 2. The SMILES string of the molecule is CC(=O)CCC1C(=O)c2ccccc2OC1CC(C)C. The van der Waals surface area contributed by atoms with E-state index in [0.717, 1.165) is 6.42 Å². The lowest BCUT2D eigenvalue weighted by Gasteiger charge is -2.33. The van der Waals surface area contributed by atoms with Crippen LogP contribution < -0.4 is 4.74 Å². The van der Waals surface area contributed by atoms with Crippen molar-refractivity contribution in [3.05, 3.63) is 29.8 Å². The number of benzene rings is 1. The molecule has 0 saturated heterocycles. The van der Waals surface area contributed by atoms with Gasteiger partial charge in [0, 0.05) is 6.42 Å². The van der Waals surface area contributed by atoms with Crippen molar-refractivity contribution >= 4 is 11.6 Å². The summed E-state index contributed by atoms with van der Waals surface area (Å²) in [6.45, 7) is 5.81. The quantitative estimate of drug-likeness (QED) is 0.823. The first-order valence-electron chi connectivity index (χ1n) is 7.28. The summed E-state index contributed by atoms with van der Waals surface area (Å²) in [7, 11) is 0. The van der Waals surface area contributed by atoms with Gasteiger partial charge in [0.1, 0.15) is 17.6 Å². The summed E-state index contributed by atoms with van der Waals surface area (Å²) >= 11 is 0. The Labute approximate surface area is 120 Å². The molecule has 0 aromatic heterocycles. The van der Waals surface area contributed by atoms with Crippen LogP contribution in [0.5, 0.6) is 5.75 Å². The lowest BCUT2D eigenvalue weighted by molar-refractivity contribution is -0.117. The zero-order valence-corrected chi connectivity index (χ0v) is 12.4. The van der Waals surface area contributed by atoms with Gasteiger partial charge in [0.05, 0.1) is 11.5 Å². The molecule has 0 aliphatic carbocycles. The van der Waals surface area contributed by atoms with Crippen molar-refractivity contribution in [2.45, 2.75) is 46.1 Å². The fourth-order valence-corrected chi connectivity index (χ4v) is 2.74. The third kappa shape index (κ3) is 3.27. The van der Waals surface area contributed by atoms with E-state index in [1.165, 1.54) is 0 Å². The molecule has 108 valence electrons. The highest BCUT2D eigenvalue weighted by Gasteiger charge is 2.36. The van der Waals surface area contributed by atoms with Gasteiger partial charge in [0.25, 0.3) is 0 Å². The Kier molecular flexibility index (Phi) is 4.58. The van der Waals surface area contributed by atoms with Crippen LogP contribution in [-0.4, -0.2) is 17.7 Å². The number of fused-ring (bicyclic) bond motifs is 1. The first-order chi connectivity index (χ1) is 9.49. The first-order valence-corrected chi connectivity index (χ1v) is 7.28. The molecule has 2 rings (SSSR count). The number of carbonyl (C=O) groups is 2. The van der Waals surface area contributed by atoms with Gasteiger partial charge in [-0.2, -0.15) is 0 Å². The minimum absolute atomic E-state index is 0.114. The second-order valence-electron chi connectivity index (χ2n) is 5.99. The van der Waals surface area contributed by atoms with Gasteiger partial charge in [-0.25, -0.2) is 0 Å². The van der Waals surface area contributed by atoms with E-state index in [9.17, 15) is 9.59 Å². The summed E-state index contributed by atoms with van der Waals surface area (Å²) in [5, 5.41) is 0. The van der Waals surface area contributed by atoms with E-state index in [1.807, 2.05) is 24.3 Å². The van der Waals surface area contributed by atoms with Crippen LogP contribution in [0.2, 0.25) is 0 Å². The summed E-state index contributed by atoms with van der Waals surface area (Å²) in [5.41, 5.74) is 0.654. The van der Waals surface area contributed by atoms with Gasteiger partial charge in [0.15, 0.2) is 5.78 Å².